The smallest absolute Gasteiger partial charge is 0.152 e. The average Bonchev–Trinajstić information content (AvgIpc) is 2.65. The minimum atomic E-state index is -0.216. The van der Waals surface area contributed by atoms with Crippen molar-refractivity contribution in [1.29, 1.82) is 0 Å². The fourth-order valence-electron chi connectivity index (χ4n) is 2.62. The van der Waals surface area contributed by atoms with E-state index in [4.69, 9.17) is 4.74 Å². The molecular weight excluding hydrogens is 202 g/mol. The molecule has 92 valence electrons. The number of Topliss-reactive ketones (excluding diaryl/α,β-unsaturated/α-hetero) is 1. The lowest BCUT2D eigenvalue weighted by molar-refractivity contribution is -0.131. The van der Waals surface area contributed by atoms with Gasteiger partial charge in [-0.3, -0.25) is 9.69 Å². The molecule has 2 fully saturated rings. The Kier molecular flexibility index (Phi) is 3.36. The summed E-state index contributed by atoms with van der Waals surface area (Å²) >= 11 is 0. The molecule has 0 spiro atoms. The first kappa shape index (κ1) is 12.1. The zero-order valence-corrected chi connectivity index (χ0v) is 10.7. The molecule has 0 radical (unpaired) electrons. The Bertz CT molecular complexity index is 270. The third-order valence-corrected chi connectivity index (χ3v) is 3.78. The first-order valence-corrected chi connectivity index (χ1v) is 6.37. The van der Waals surface area contributed by atoms with E-state index in [1.807, 2.05) is 20.8 Å². The van der Waals surface area contributed by atoms with Gasteiger partial charge in [-0.05, 0) is 19.3 Å². The second kappa shape index (κ2) is 4.46. The molecule has 0 bridgehead atoms. The summed E-state index contributed by atoms with van der Waals surface area (Å²) in [6.45, 7) is 8.32. The van der Waals surface area contributed by atoms with Crippen LogP contribution in [0.25, 0.3) is 0 Å². The molecule has 3 nitrogen and oxygen atoms in total. The number of morpholine rings is 1. The van der Waals surface area contributed by atoms with Crippen LogP contribution in [0.15, 0.2) is 0 Å². The summed E-state index contributed by atoms with van der Waals surface area (Å²) in [7, 11) is 0. The Balaban J connectivity index is 1.96. The predicted molar refractivity (Wildman–Crippen MR) is 63.4 cm³/mol. The molecule has 2 atom stereocenters. The summed E-state index contributed by atoms with van der Waals surface area (Å²) in [5.74, 6) is 0.347. The van der Waals surface area contributed by atoms with Gasteiger partial charge in [0, 0.05) is 18.0 Å². The molecule has 1 saturated heterocycles. The maximum atomic E-state index is 12.0. The van der Waals surface area contributed by atoms with Gasteiger partial charge in [-0.15, -0.1) is 0 Å². The van der Waals surface area contributed by atoms with Gasteiger partial charge in [-0.25, -0.2) is 0 Å². The van der Waals surface area contributed by atoms with Crippen LogP contribution in [0.4, 0.5) is 0 Å². The monoisotopic (exact) mass is 225 g/mol. The molecule has 0 aromatic carbocycles. The molecule has 2 rings (SSSR count). The van der Waals surface area contributed by atoms with Crippen molar-refractivity contribution in [2.45, 2.75) is 52.2 Å². The number of carbonyl (C=O) groups excluding carboxylic acids is 1. The molecule has 0 amide bonds. The van der Waals surface area contributed by atoms with Crippen LogP contribution in [0.3, 0.4) is 0 Å². The van der Waals surface area contributed by atoms with E-state index in [0.29, 0.717) is 24.5 Å². The van der Waals surface area contributed by atoms with Crippen LogP contribution in [0, 0.1) is 5.41 Å². The molecule has 0 aromatic rings. The van der Waals surface area contributed by atoms with Gasteiger partial charge in [0.2, 0.25) is 0 Å². The highest BCUT2D eigenvalue weighted by Gasteiger charge is 2.37. The Labute approximate surface area is 98.1 Å². The molecule has 0 aromatic heterocycles. The number of nitrogens with zero attached hydrogens (tertiary/aromatic N) is 1. The quantitative estimate of drug-likeness (QED) is 0.718. The van der Waals surface area contributed by atoms with E-state index in [-0.39, 0.29) is 5.41 Å². The molecule has 2 unspecified atom stereocenters. The Hall–Kier alpha value is -0.410. The summed E-state index contributed by atoms with van der Waals surface area (Å²) < 4.78 is 5.75. The second-order valence-electron chi connectivity index (χ2n) is 6.05. The van der Waals surface area contributed by atoms with E-state index in [2.05, 4.69) is 4.90 Å². The van der Waals surface area contributed by atoms with Gasteiger partial charge in [0.1, 0.15) is 0 Å². The van der Waals surface area contributed by atoms with E-state index in [1.165, 1.54) is 19.3 Å². The molecular formula is C13H23NO2. The Morgan fingerprint density at radius 2 is 2.12 bits per heavy atom. The van der Waals surface area contributed by atoms with Crippen molar-refractivity contribution in [2.24, 2.45) is 5.41 Å². The van der Waals surface area contributed by atoms with Crippen molar-refractivity contribution in [3.63, 3.8) is 0 Å². The van der Waals surface area contributed by atoms with Gasteiger partial charge in [0.05, 0.1) is 19.3 Å². The maximum Gasteiger partial charge on any atom is 0.152 e. The van der Waals surface area contributed by atoms with E-state index >= 15 is 0 Å². The van der Waals surface area contributed by atoms with Crippen molar-refractivity contribution in [1.82, 2.24) is 4.90 Å². The van der Waals surface area contributed by atoms with Gasteiger partial charge >= 0.3 is 0 Å². The predicted octanol–water partition coefficient (Wildman–Crippen LogP) is 1.85. The molecule has 2 aliphatic rings. The molecule has 1 saturated carbocycles. The standard InChI is InChI=1S/C13H23NO2/c1-13(2,3)12(15)9-14-7-8-16-11-6-4-5-10(11)14/h10-11H,4-9H2,1-3H3. The molecule has 0 N–H and O–H groups in total. The summed E-state index contributed by atoms with van der Waals surface area (Å²) in [5, 5.41) is 0. The van der Waals surface area contributed by atoms with Crippen LogP contribution in [-0.4, -0.2) is 42.5 Å². The van der Waals surface area contributed by atoms with Crippen molar-refractivity contribution < 1.29 is 9.53 Å². The molecule has 1 heterocycles. The lowest BCUT2D eigenvalue weighted by Gasteiger charge is -2.38. The number of hydrogen-bond acceptors (Lipinski definition) is 3. The fourth-order valence-corrected chi connectivity index (χ4v) is 2.62. The van der Waals surface area contributed by atoms with Crippen LogP contribution in [0.1, 0.15) is 40.0 Å². The highest BCUT2D eigenvalue weighted by Crippen LogP contribution is 2.30. The minimum absolute atomic E-state index is 0.216. The third-order valence-electron chi connectivity index (χ3n) is 3.78. The highest BCUT2D eigenvalue weighted by atomic mass is 16.5. The number of ether oxygens (including phenoxy) is 1. The van der Waals surface area contributed by atoms with Gasteiger partial charge < -0.3 is 4.74 Å². The summed E-state index contributed by atoms with van der Waals surface area (Å²) in [5.41, 5.74) is -0.216. The Morgan fingerprint density at radius 3 is 2.81 bits per heavy atom. The van der Waals surface area contributed by atoms with E-state index in [1.54, 1.807) is 0 Å². The maximum absolute atomic E-state index is 12.0. The molecule has 3 heteroatoms. The fraction of sp³-hybridized carbons (Fsp3) is 0.923. The van der Waals surface area contributed by atoms with Crippen molar-refractivity contribution in [3.05, 3.63) is 0 Å². The van der Waals surface area contributed by atoms with Crippen LogP contribution in [0.2, 0.25) is 0 Å². The van der Waals surface area contributed by atoms with Crippen molar-refractivity contribution in [2.75, 3.05) is 19.7 Å². The highest BCUT2D eigenvalue weighted by molar-refractivity contribution is 5.85. The Morgan fingerprint density at radius 1 is 1.38 bits per heavy atom. The van der Waals surface area contributed by atoms with Crippen molar-refractivity contribution >= 4 is 5.78 Å². The van der Waals surface area contributed by atoms with E-state index in [9.17, 15) is 4.79 Å². The van der Waals surface area contributed by atoms with Gasteiger partial charge in [0.25, 0.3) is 0 Å². The van der Waals surface area contributed by atoms with Crippen molar-refractivity contribution in [3.8, 4) is 0 Å². The minimum Gasteiger partial charge on any atom is -0.375 e. The number of rotatable bonds is 2. The topological polar surface area (TPSA) is 29.5 Å². The normalized spacial score (nSPS) is 31.4. The SMILES string of the molecule is CC(C)(C)C(=O)CN1CCOC2CCCC21. The van der Waals surface area contributed by atoms with E-state index < -0.39 is 0 Å². The largest absolute Gasteiger partial charge is 0.375 e. The number of hydrogen-bond donors (Lipinski definition) is 0. The first-order valence-electron chi connectivity index (χ1n) is 6.37. The molecule has 1 aliphatic heterocycles. The van der Waals surface area contributed by atoms with E-state index in [0.717, 1.165) is 13.2 Å². The van der Waals surface area contributed by atoms with Gasteiger partial charge in [0.15, 0.2) is 5.78 Å². The molecule has 1 aliphatic carbocycles. The van der Waals surface area contributed by atoms with Crippen LogP contribution in [-0.2, 0) is 9.53 Å². The lowest BCUT2D eigenvalue weighted by atomic mass is 9.90. The summed E-state index contributed by atoms with van der Waals surface area (Å²) in [6.07, 6.45) is 4.00. The third kappa shape index (κ3) is 2.46. The second-order valence-corrected chi connectivity index (χ2v) is 6.05. The number of ketones is 1. The summed E-state index contributed by atoms with van der Waals surface area (Å²) in [4.78, 5) is 14.4. The van der Waals surface area contributed by atoms with Crippen LogP contribution < -0.4 is 0 Å². The zero-order valence-electron chi connectivity index (χ0n) is 10.7. The first-order chi connectivity index (χ1) is 7.48. The van der Waals surface area contributed by atoms with Crippen LogP contribution in [0.5, 0.6) is 0 Å². The number of fused-ring (bicyclic) bond motifs is 1. The number of carbonyl (C=O) groups is 1. The van der Waals surface area contributed by atoms with Crippen LogP contribution >= 0.6 is 0 Å². The van der Waals surface area contributed by atoms with Gasteiger partial charge in [-0.2, -0.15) is 0 Å². The summed E-state index contributed by atoms with van der Waals surface area (Å²) in [6, 6.07) is 0.500. The molecule has 16 heavy (non-hydrogen) atoms. The van der Waals surface area contributed by atoms with Gasteiger partial charge in [-0.1, -0.05) is 20.8 Å². The zero-order chi connectivity index (χ0) is 11.8. The average molecular weight is 225 g/mol. The lowest BCUT2D eigenvalue weighted by Crippen LogP contribution is -2.51.